The molecule has 77 valence electrons. The van der Waals surface area contributed by atoms with Crippen molar-refractivity contribution in [2.24, 2.45) is 0 Å². The molecule has 16 heavy (non-hydrogen) atoms. The highest BCUT2D eigenvalue weighted by atomic mass is 16.3. The molecule has 0 aliphatic carbocycles. The van der Waals surface area contributed by atoms with Crippen LogP contribution < -0.4 is 0 Å². The van der Waals surface area contributed by atoms with Gasteiger partial charge >= 0.3 is 0 Å². The first-order valence-electron chi connectivity index (χ1n) is 5.17. The number of furan rings is 1. The zero-order chi connectivity index (χ0) is 11.0. The van der Waals surface area contributed by atoms with E-state index < -0.39 is 0 Å². The average Bonchev–Trinajstić information content (AvgIpc) is 2.75. The molecule has 0 fully saturated rings. The molecule has 0 aliphatic heterocycles. The Bertz CT molecular complexity index is 635. The molecule has 3 rings (SSSR count). The smallest absolute Gasteiger partial charge is 0.153 e. The molecule has 0 N–H and O–H groups in total. The zero-order valence-corrected chi connectivity index (χ0v) is 8.90. The SMILES string of the molecule is Cc1ccc(-c2n[c]cc3ccccc23)o1. The van der Waals surface area contributed by atoms with Crippen LogP contribution in [-0.4, -0.2) is 4.98 Å². The van der Waals surface area contributed by atoms with Crippen LogP contribution in [0.5, 0.6) is 0 Å². The molecule has 0 spiro atoms. The lowest BCUT2D eigenvalue weighted by molar-refractivity contribution is 0.547. The van der Waals surface area contributed by atoms with Crippen molar-refractivity contribution < 1.29 is 4.42 Å². The fraction of sp³-hybridized carbons (Fsp3) is 0.0714. The van der Waals surface area contributed by atoms with E-state index in [4.69, 9.17) is 4.42 Å². The number of aromatic nitrogens is 1. The summed E-state index contributed by atoms with van der Waals surface area (Å²) in [6.07, 6.45) is 2.90. The van der Waals surface area contributed by atoms with Crippen LogP contribution >= 0.6 is 0 Å². The number of hydrogen-bond donors (Lipinski definition) is 0. The van der Waals surface area contributed by atoms with E-state index in [0.29, 0.717) is 0 Å². The summed E-state index contributed by atoms with van der Waals surface area (Å²) < 4.78 is 5.60. The highest BCUT2D eigenvalue weighted by molar-refractivity contribution is 5.93. The number of fused-ring (bicyclic) bond motifs is 1. The fourth-order valence-corrected chi connectivity index (χ4v) is 1.81. The number of aryl methyl sites for hydroxylation is 1. The minimum absolute atomic E-state index is 0.797. The zero-order valence-electron chi connectivity index (χ0n) is 8.90. The van der Waals surface area contributed by atoms with Crippen LogP contribution in [0.1, 0.15) is 5.76 Å². The van der Waals surface area contributed by atoms with Crippen LogP contribution in [0, 0.1) is 13.1 Å². The van der Waals surface area contributed by atoms with Crippen molar-refractivity contribution in [3.8, 4) is 11.5 Å². The monoisotopic (exact) mass is 208 g/mol. The third-order valence-electron chi connectivity index (χ3n) is 2.59. The summed E-state index contributed by atoms with van der Waals surface area (Å²) in [6, 6.07) is 13.9. The second-order valence-electron chi connectivity index (χ2n) is 3.73. The van der Waals surface area contributed by atoms with Gasteiger partial charge in [0.15, 0.2) is 5.76 Å². The first-order valence-corrected chi connectivity index (χ1v) is 5.17. The van der Waals surface area contributed by atoms with Crippen LogP contribution in [0.4, 0.5) is 0 Å². The Kier molecular flexibility index (Phi) is 2.00. The molecule has 2 aromatic heterocycles. The number of pyridine rings is 1. The Hall–Kier alpha value is -2.09. The van der Waals surface area contributed by atoms with E-state index in [2.05, 4.69) is 11.2 Å². The van der Waals surface area contributed by atoms with Gasteiger partial charge in [-0.25, -0.2) is 4.98 Å². The van der Waals surface area contributed by atoms with E-state index in [9.17, 15) is 0 Å². The van der Waals surface area contributed by atoms with Crippen molar-refractivity contribution in [2.45, 2.75) is 6.92 Å². The lowest BCUT2D eigenvalue weighted by Crippen LogP contribution is -1.83. The quantitative estimate of drug-likeness (QED) is 0.610. The van der Waals surface area contributed by atoms with Crippen molar-refractivity contribution in [1.29, 1.82) is 0 Å². The van der Waals surface area contributed by atoms with Gasteiger partial charge < -0.3 is 4.42 Å². The van der Waals surface area contributed by atoms with Gasteiger partial charge in [0, 0.05) is 5.39 Å². The Morgan fingerprint density at radius 3 is 2.81 bits per heavy atom. The molecule has 2 heteroatoms. The van der Waals surface area contributed by atoms with E-state index in [0.717, 1.165) is 28.0 Å². The molecule has 2 heterocycles. The maximum atomic E-state index is 5.60. The number of hydrogen-bond acceptors (Lipinski definition) is 2. The first kappa shape index (κ1) is 9.16. The summed E-state index contributed by atoms with van der Waals surface area (Å²) in [5.74, 6) is 1.69. The molecule has 0 unspecified atom stereocenters. The predicted molar refractivity (Wildman–Crippen MR) is 63.0 cm³/mol. The Balaban J connectivity index is 2.31. The van der Waals surface area contributed by atoms with Crippen LogP contribution in [0.2, 0.25) is 0 Å². The Labute approximate surface area is 93.5 Å². The maximum absolute atomic E-state index is 5.60. The molecule has 0 saturated heterocycles. The predicted octanol–water partition coefficient (Wildman–Crippen LogP) is 3.60. The van der Waals surface area contributed by atoms with E-state index >= 15 is 0 Å². The van der Waals surface area contributed by atoms with Gasteiger partial charge in [0.25, 0.3) is 0 Å². The minimum Gasteiger partial charge on any atom is -0.460 e. The van der Waals surface area contributed by atoms with Gasteiger partial charge in [0.1, 0.15) is 11.5 Å². The van der Waals surface area contributed by atoms with Crippen molar-refractivity contribution >= 4 is 10.8 Å². The highest BCUT2D eigenvalue weighted by Crippen LogP contribution is 2.27. The second kappa shape index (κ2) is 3.49. The van der Waals surface area contributed by atoms with Gasteiger partial charge in [0.2, 0.25) is 0 Å². The van der Waals surface area contributed by atoms with Gasteiger partial charge in [-0.05, 0) is 30.5 Å². The van der Waals surface area contributed by atoms with Gasteiger partial charge in [-0.3, -0.25) is 0 Å². The van der Waals surface area contributed by atoms with Crippen molar-refractivity contribution in [1.82, 2.24) is 4.98 Å². The van der Waals surface area contributed by atoms with E-state index in [1.54, 1.807) is 0 Å². The lowest BCUT2D eigenvalue weighted by atomic mass is 10.1. The fourth-order valence-electron chi connectivity index (χ4n) is 1.81. The molecular weight excluding hydrogens is 198 g/mol. The molecular formula is C14H10NO. The lowest BCUT2D eigenvalue weighted by Gasteiger charge is -2.01. The third-order valence-corrected chi connectivity index (χ3v) is 2.59. The van der Waals surface area contributed by atoms with Crippen molar-refractivity contribution in [3.63, 3.8) is 0 Å². The normalized spacial score (nSPS) is 10.8. The minimum atomic E-state index is 0.797. The van der Waals surface area contributed by atoms with E-state index in [-0.39, 0.29) is 0 Å². The number of benzene rings is 1. The second-order valence-corrected chi connectivity index (χ2v) is 3.73. The standard InChI is InChI=1S/C14H10NO/c1-10-6-7-13(16-10)14-12-5-3-2-4-11(12)8-9-15-14/h2-8H,1H3. The highest BCUT2D eigenvalue weighted by Gasteiger charge is 2.07. The van der Waals surface area contributed by atoms with E-state index in [1.807, 2.05) is 49.4 Å². The molecule has 0 saturated carbocycles. The molecule has 0 amide bonds. The third kappa shape index (κ3) is 1.39. The largest absolute Gasteiger partial charge is 0.460 e. The van der Waals surface area contributed by atoms with Crippen LogP contribution in [0.15, 0.2) is 46.9 Å². The van der Waals surface area contributed by atoms with Gasteiger partial charge in [0.05, 0.1) is 6.20 Å². The summed E-state index contributed by atoms with van der Waals surface area (Å²) in [6.45, 7) is 1.93. The molecule has 1 radical (unpaired) electrons. The van der Waals surface area contributed by atoms with Crippen LogP contribution in [0.3, 0.4) is 0 Å². The molecule has 0 atom stereocenters. The maximum Gasteiger partial charge on any atom is 0.153 e. The summed E-state index contributed by atoms with van der Waals surface area (Å²) in [4.78, 5) is 4.27. The van der Waals surface area contributed by atoms with E-state index in [1.165, 1.54) is 0 Å². The summed E-state index contributed by atoms with van der Waals surface area (Å²) >= 11 is 0. The van der Waals surface area contributed by atoms with Crippen LogP contribution in [-0.2, 0) is 0 Å². The summed E-state index contributed by atoms with van der Waals surface area (Å²) in [5.41, 5.74) is 0.853. The Morgan fingerprint density at radius 1 is 1.12 bits per heavy atom. The topological polar surface area (TPSA) is 26.0 Å². The van der Waals surface area contributed by atoms with Crippen LogP contribution in [0.25, 0.3) is 22.2 Å². The Morgan fingerprint density at radius 2 is 2.00 bits per heavy atom. The van der Waals surface area contributed by atoms with Gasteiger partial charge in [-0.2, -0.15) is 0 Å². The number of rotatable bonds is 1. The van der Waals surface area contributed by atoms with Crippen molar-refractivity contribution in [2.75, 3.05) is 0 Å². The van der Waals surface area contributed by atoms with Gasteiger partial charge in [-0.15, -0.1) is 0 Å². The summed E-state index contributed by atoms with van der Waals surface area (Å²) in [7, 11) is 0. The average molecular weight is 208 g/mol. The first-order chi connectivity index (χ1) is 7.84. The molecule has 0 bridgehead atoms. The summed E-state index contributed by atoms with van der Waals surface area (Å²) in [5, 5.41) is 2.22. The molecule has 0 aliphatic rings. The molecule has 2 nitrogen and oxygen atoms in total. The molecule has 1 aromatic carbocycles. The van der Waals surface area contributed by atoms with Crippen molar-refractivity contribution in [3.05, 3.63) is 54.4 Å². The number of nitrogens with zero attached hydrogens (tertiary/aromatic N) is 1. The molecule has 3 aromatic rings. The van der Waals surface area contributed by atoms with Gasteiger partial charge in [-0.1, -0.05) is 24.3 Å².